The first-order chi connectivity index (χ1) is 16.9. The molecule has 4 aromatic rings. The fourth-order valence-electron chi connectivity index (χ4n) is 4.07. The fraction of sp³-hybridized carbons (Fsp3) is 0.214. The van der Waals surface area contributed by atoms with Gasteiger partial charge in [0.15, 0.2) is 11.5 Å². The minimum Gasteiger partial charge on any atom is -0.493 e. The second-order valence-electron chi connectivity index (χ2n) is 8.17. The molecule has 1 atom stereocenters. The van der Waals surface area contributed by atoms with Crippen molar-refractivity contribution in [3.63, 3.8) is 0 Å². The summed E-state index contributed by atoms with van der Waals surface area (Å²) in [6.07, 6.45) is 0. The molecule has 4 rings (SSSR count). The van der Waals surface area contributed by atoms with Crippen LogP contribution < -0.4 is 20.1 Å². The lowest BCUT2D eigenvalue weighted by molar-refractivity contribution is 0.102. The van der Waals surface area contributed by atoms with Gasteiger partial charge in [-0.1, -0.05) is 36.4 Å². The van der Waals surface area contributed by atoms with E-state index in [1.807, 2.05) is 61.5 Å². The van der Waals surface area contributed by atoms with Crippen LogP contribution in [0.3, 0.4) is 0 Å². The lowest BCUT2D eigenvalue weighted by Gasteiger charge is -2.25. The molecule has 0 unspecified atom stereocenters. The Balaban J connectivity index is 1.86. The predicted molar refractivity (Wildman–Crippen MR) is 142 cm³/mol. The normalized spacial score (nSPS) is 11.6. The fourth-order valence-corrected chi connectivity index (χ4v) is 5.16. The summed E-state index contributed by atoms with van der Waals surface area (Å²) < 4.78 is 11.4. The molecule has 0 radical (unpaired) electrons. The molecule has 35 heavy (non-hydrogen) atoms. The number of carbonyl (C=O) groups is 1. The van der Waals surface area contributed by atoms with Gasteiger partial charge in [-0.3, -0.25) is 4.79 Å². The highest BCUT2D eigenvalue weighted by atomic mass is 32.1. The zero-order valence-electron chi connectivity index (χ0n) is 20.5. The van der Waals surface area contributed by atoms with Gasteiger partial charge in [-0.05, 0) is 56.7 Å². The third-order valence-corrected chi connectivity index (χ3v) is 7.05. The van der Waals surface area contributed by atoms with Gasteiger partial charge in [0.05, 0.1) is 20.3 Å². The largest absolute Gasteiger partial charge is 0.493 e. The summed E-state index contributed by atoms with van der Waals surface area (Å²) in [5, 5.41) is 7.53. The molecule has 0 aliphatic heterocycles. The van der Waals surface area contributed by atoms with Gasteiger partial charge in [0.25, 0.3) is 5.91 Å². The van der Waals surface area contributed by atoms with Crippen molar-refractivity contribution in [2.45, 2.75) is 26.8 Å². The van der Waals surface area contributed by atoms with Crippen molar-refractivity contribution in [3.8, 4) is 11.5 Å². The molecule has 0 aliphatic carbocycles. The summed E-state index contributed by atoms with van der Waals surface area (Å²) in [6.45, 7) is 6.09. The number of methoxy groups -OCH3 is 2. The molecule has 2 aromatic carbocycles. The van der Waals surface area contributed by atoms with Crippen LogP contribution in [0.15, 0.2) is 66.7 Å². The second-order valence-corrected chi connectivity index (χ2v) is 9.40. The number of aryl methyl sites for hydroxylation is 2. The molecule has 0 bridgehead atoms. The Kier molecular flexibility index (Phi) is 7.36. The average Bonchev–Trinajstić information content (AvgIpc) is 3.14. The lowest BCUT2D eigenvalue weighted by Crippen LogP contribution is -2.18. The predicted octanol–water partition coefficient (Wildman–Crippen LogP) is 6.54. The molecule has 0 spiro atoms. The average molecular weight is 488 g/mol. The maximum Gasteiger partial charge on any atom is 0.256 e. The van der Waals surface area contributed by atoms with Crippen LogP contribution in [0.1, 0.15) is 43.7 Å². The Morgan fingerprint density at radius 3 is 2.34 bits per heavy atom. The van der Waals surface area contributed by atoms with E-state index >= 15 is 0 Å². The molecule has 2 heterocycles. The number of benzene rings is 2. The van der Waals surface area contributed by atoms with Gasteiger partial charge in [-0.25, -0.2) is 4.98 Å². The van der Waals surface area contributed by atoms with Gasteiger partial charge in [0.1, 0.15) is 10.8 Å². The first kappa shape index (κ1) is 24.3. The lowest BCUT2D eigenvalue weighted by atomic mass is 9.95. The van der Waals surface area contributed by atoms with Gasteiger partial charge >= 0.3 is 0 Å². The Morgan fingerprint density at radius 2 is 1.66 bits per heavy atom. The Hall–Kier alpha value is -3.84. The van der Waals surface area contributed by atoms with E-state index in [0.29, 0.717) is 17.1 Å². The van der Waals surface area contributed by atoms with Gasteiger partial charge < -0.3 is 20.1 Å². The minimum absolute atomic E-state index is 0.155. The zero-order valence-corrected chi connectivity index (χ0v) is 21.3. The number of hydrogen-bond donors (Lipinski definition) is 2. The van der Waals surface area contributed by atoms with Crippen molar-refractivity contribution in [2.24, 2.45) is 0 Å². The second kappa shape index (κ2) is 10.6. The van der Waals surface area contributed by atoms with E-state index in [9.17, 15) is 4.79 Å². The molecule has 6 nitrogen and oxygen atoms in total. The number of thiophene rings is 1. The van der Waals surface area contributed by atoms with Gasteiger partial charge in [0, 0.05) is 27.3 Å². The van der Waals surface area contributed by atoms with E-state index in [1.165, 1.54) is 0 Å². The number of aromatic nitrogens is 1. The Labute approximate surface area is 210 Å². The first-order valence-electron chi connectivity index (χ1n) is 11.3. The number of nitrogens with one attached hydrogen (secondary N) is 2. The van der Waals surface area contributed by atoms with Crippen LogP contribution >= 0.6 is 11.3 Å². The van der Waals surface area contributed by atoms with Crippen molar-refractivity contribution in [3.05, 3.63) is 99.6 Å². The summed E-state index contributed by atoms with van der Waals surface area (Å²) in [5.41, 5.74) is 4.44. The smallest absolute Gasteiger partial charge is 0.256 e. The number of nitrogens with zero attached hydrogens (tertiary/aromatic N) is 1. The number of rotatable bonds is 8. The number of carbonyl (C=O) groups excluding carboxylic acids is 1. The molecule has 0 aliphatic rings. The number of ether oxygens (including phenoxy) is 2. The van der Waals surface area contributed by atoms with Crippen LogP contribution in [0.4, 0.5) is 10.8 Å². The molecule has 0 saturated carbocycles. The monoisotopic (exact) mass is 487 g/mol. The van der Waals surface area contributed by atoms with Crippen molar-refractivity contribution in [2.75, 3.05) is 24.9 Å². The van der Waals surface area contributed by atoms with Gasteiger partial charge in [-0.2, -0.15) is 0 Å². The summed E-state index contributed by atoms with van der Waals surface area (Å²) in [4.78, 5) is 18.9. The maximum absolute atomic E-state index is 13.1. The summed E-state index contributed by atoms with van der Waals surface area (Å²) in [6, 6.07) is 20.5. The van der Waals surface area contributed by atoms with Crippen molar-refractivity contribution < 1.29 is 14.3 Å². The van der Waals surface area contributed by atoms with Crippen molar-refractivity contribution >= 4 is 28.1 Å². The van der Waals surface area contributed by atoms with E-state index in [4.69, 9.17) is 9.47 Å². The van der Waals surface area contributed by atoms with E-state index in [1.54, 1.807) is 37.7 Å². The highest BCUT2D eigenvalue weighted by Gasteiger charge is 2.28. The number of para-hydroxylation sites is 1. The number of hydrogen-bond acceptors (Lipinski definition) is 6. The molecule has 2 N–H and O–H groups in total. The third kappa shape index (κ3) is 5.15. The van der Waals surface area contributed by atoms with Crippen LogP contribution in [0.2, 0.25) is 0 Å². The van der Waals surface area contributed by atoms with E-state index in [0.717, 1.165) is 38.1 Å². The highest BCUT2D eigenvalue weighted by molar-refractivity contribution is 7.16. The third-order valence-electron chi connectivity index (χ3n) is 5.91. The molecular formula is C28H29N3O3S. The molecule has 180 valence electrons. The van der Waals surface area contributed by atoms with Crippen molar-refractivity contribution in [1.29, 1.82) is 0 Å². The van der Waals surface area contributed by atoms with Crippen LogP contribution in [0.5, 0.6) is 11.5 Å². The topological polar surface area (TPSA) is 72.5 Å². The van der Waals surface area contributed by atoms with Gasteiger partial charge in [0.2, 0.25) is 0 Å². The molecule has 7 heteroatoms. The first-order valence-corrected chi connectivity index (χ1v) is 12.1. The minimum atomic E-state index is -0.356. The molecule has 0 saturated heterocycles. The number of anilines is 2. The quantitative estimate of drug-likeness (QED) is 0.295. The number of amides is 1. The highest BCUT2D eigenvalue weighted by Crippen LogP contribution is 2.45. The van der Waals surface area contributed by atoms with Gasteiger partial charge in [-0.15, -0.1) is 11.3 Å². The Morgan fingerprint density at radius 1 is 0.914 bits per heavy atom. The molecule has 2 aromatic heterocycles. The van der Waals surface area contributed by atoms with E-state index in [2.05, 4.69) is 29.5 Å². The van der Waals surface area contributed by atoms with Crippen LogP contribution in [0, 0.1) is 20.8 Å². The zero-order chi connectivity index (χ0) is 24.9. The van der Waals surface area contributed by atoms with E-state index < -0.39 is 0 Å². The number of pyridine rings is 1. The van der Waals surface area contributed by atoms with Crippen LogP contribution in [-0.4, -0.2) is 25.1 Å². The summed E-state index contributed by atoms with van der Waals surface area (Å²) in [7, 11) is 3.25. The SMILES string of the molecule is COc1cccc([C@@H](Nc2cccc(C)n2)c2c(NC(=O)c3ccccc3)sc(C)c2C)c1OC. The van der Waals surface area contributed by atoms with Crippen LogP contribution in [0.25, 0.3) is 0 Å². The summed E-state index contributed by atoms with van der Waals surface area (Å²) >= 11 is 1.56. The van der Waals surface area contributed by atoms with Crippen LogP contribution in [-0.2, 0) is 0 Å². The molecule has 0 fully saturated rings. The maximum atomic E-state index is 13.1. The molecule has 1 amide bonds. The Bertz CT molecular complexity index is 1330. The standard InChI is InChI=1S/C28H29N3O3S/c1-17-11-9-16-23(29-17)30-25(21-14-10-15-22(33-4)26(21)34-5)24-18(2)19(3)35-28(24)31-27(32)20-12-7-6-8-13-20/h6-16,25H,1-5H3,(H,29,30)(H,31,32)/t25-/m1/s1. The van der Waals surface area contributed by atoms with Crippen molar-refractivity contribution in [1.82, 2.24) is 4.98 Å². The summed E-state index contributed by atoms with van der Waals surface area (Å²) in [5.74, 6) is 1.83. The molecular weight excluding hydrogens is 458 g/mol. The van der Waals surface area contributed by atoms with E-state index in [-0.39, 0.29) is 11.9 Å².